The van der Waals surface area contributed by atoms with E-state index in [4.69, 9.17) is 0 Å². The minimum Gasteiger partial charge on any atom is -0.298 e. The molecule has 2 aliphatic heterocycles. The van der Waals surface area contributed by atoms with Gasteiger partial charge < -0.3 is 0 Å². The van der Waals surface area contributed by atoms with Crippen molar-refractivity contribution < 1.29 is 21.6 Å². The number of benzene rings is 4. The van der Waals surface area contributed by atoms with Crippen molar-refractivity contribution in [3.05, 3.63) is 117 Å². The maximum atomic E-state index is 14.7. The van der Waals surface area contributed by atoms with Gasteiger partial charge in [-0.1, -0.05) is 60.7 Å². The van der Waals surface area contributed by atoms with E-state index in [0.29, 0.717) is 51.6 Å². The number of fused-ring (bicyclic) bond motifs is 6. The zero-order valence-electron chi connectivity index (χ0n) is 19.9. The van der Waals surface area contributed by atoms with E-state index in [1.165, 1.54) is 0 Å². The van der Waals surface area contributed by atoms with Gasteiger partial charge in [-0.25, -0.2) is 16.8 Å². The Labute approximate surface area is 219 Å². The molecule has 38 heavy (non-hydrogen) atoms. The molecule has 0 amide bonds. The summed E-state index contributed by atoms with van der Waals surface area (Å²) >= 11 is 0. The van der Waals surface area contributed by atoms with Crippen LogP contribution in [0.1, 0.15) is 45.2 Å². The molecule has 9 rings (SSSR count). The van der Waals surface area contributed by atoms with E-state index in [-0.39, 0.29) is 25.4 Å². The van der Waals surface area contributed by atoms with Crippen LogP contribution in [0, 0.1) is 0 Å². The zero-order valence-corrected chi connectivity index (χ0v) is 21.5. The van der Waals surface area contributed by atoms with Crippen LogP contribution in [0.3, 0.4) is 0 Å². The predicted molar refractivity (Wildman–Crippen MR) is 143 cm³/mol. The van der Waals surface area contributed by atoms with Gasteiger partial charge in [0.15, 0.2) is 5.78 Å². The van der Waals surface area contributed by atoms with E-state index in [9.17, 15) is 21.6 Å². The average Bonchev–Trinajstić information content (AvgIpc) is 3.48. The van der Waals surface area contributed by atoms with Gasteiger partial charge >= 0.3 is 0 Å². The molecule has 3 aliphatic carbocycles. The average molecular weight is 535 g/mol. The summed E-state index contributed by atoms with van der Waals surface area (Å²) in [5.41, 5.74) is 5.30. The predicted octanol–water partition coefficient (Wildman–Crippen LogP) is 5.10. The Morgan fingerprint density at radius 3 is 1.50 bits per heavy atom. The van der Waals surface area contributed by atoms with E-state index in [2.05, 4.69) is 0 Å². The molecule has 2 heterocycles. The third-order valence-electron chi connectivity index (χ3n) is 9.02. The molecule has 5 nitrogen and oxygen atoms in total. The summed E-state index contributed by atoms with van der Waals surface area (Å²) in [7, 11) is -7.81. The van der Waals surface area contributed by atoms with Crippen molar-refractivity contribution in [2.45, 2.75) is 34.5 Å². The minimum absolute atomic E-state index is 0.121. The topological polar surface area (TPSA) is 85.3 Å². The number of allylic oxidation sites excluding steroid dienone is 2. The van der Waals surface area contributed by atoms with Crippen LogP contribution in [-0.4, -0.2) is 22.6 Å². The lowest BCUT2D eigenvalue weighted by Crippen LogP contribution is -2.35. The van der Waals surface area contributed by atoms with Crippen LogP contribution in [0.15, 0.2) is 93.7 Å². The first-order valence-corrected chi connectivity index (χ1v) is 15.5. The zero-order chi connectivity index (χ0) is 25.7. The molecule has 0 spiro atoms. The highest BCUT2D eigenvalue weighted by molar-refractivity contribution is 8.01. The van der Waals surface area contributed by atoms with Gasteiger partial charge in [0.05, 0.1) is 31.4 Å². The van der Waals surface area contributed by atoms with Gasteiger partial charge in [0.1, 0.15) is 0 Å². The Hall–Kier alpha value is -3.81. The van der Waals surface area contributed by atoms with Gasteiger partial charge in [-0.15, -0.1) is 0 Å². The summed E-state index contributed by atoms with van der Waals surface area (Å²) < 4.78 is 56.4. The second-order valence-electron chi connectivity index (χ2n) is 10.7. The first-order valence-electron chi connectivity index (χ1n) is 12.6. The lowest BCUT2D eigenvalue weighted by Gasteiger charge is -2.39. The molecule has 2 unspecified atom stereocenters. The highest BCUT2D eigenvalue weighted by Gasteiger charge is 2.54. The molecule has 0 bridgehead atoms. The van der Waals surface area contributed by atoms with E-state index in [1.807, 2.05) is 48.5 Å². The van der Waals surface area contributed by atoms with Crippen LogP contribution in [0.4, 0.5) is 0 Å². The maximum Gasteiger partial charge on any atom is 0.207 e. The monoisotopic (exact) mass is 534 g/mol. The third kappa shape index (κ3) is 2.17. The normalized spacial score (nSPS) is 24.3. The Morgan fingerprint density at radius 1 is 0.579 bits per heavy atom. The molecule has 4 aromatic carbocycles. The van der Waals surface area contributed by atoms with E-state index in [1.54, 1.807) is 24.3 Å². The van der Waals surface area contributed by atoms with Crippen LogP contribution in [0.5, 0.6) is 0 Å². The van der Waals surface area contributed by atoms with Crippen molar-refractivity contribution in [2.24, 2.45) is 0 Å². The lowest BCUT2D eigenvalue weighted by atomic mass is 9.68. The van der Waals surface area contributed by atoms with Crippen LogP contribution >= 0.6 is 0 Å². The van der Waals surface area contributed by atoms with E-state index >= 15 is 0 Å². The van der Waals surface area contributed by atoms with Crippen molar-refractivity contribution in [1.29, 1.82) is 0 Å². The molecular formula is C31H18O5S2. The van der Waals surface area contributed by atoms with Crippen molar-refractivity contribution in [2.75, 3.05) is 0 Å². The van der Waals surface area contributed by atoms with Gasteiger partial charge in [0.25, 0.3) is 0 Å². The molecule has 4 aromatic rings. The molecule has 0 saturated carbocycles. The Kier molecular flexibility index (Phi) is 3.57. The van der Waals surface area contributed by atoms with Gasteiger partial charge in [-0.3, -0.25) is 4.79 Å². The molecule has 0 aromatic heterocycles. The highest BCUT2D eigenvalue weighted by Crippen LogP contribution is 2.61. The Balaban J connectivity index is 1.44. The number of carbonyl (C=O) groups is 1. The molecule has 0 radical (unpaired) electrons. The summed E-state index contributed by atoms with van der Waals surface area (Å²) in [5, 5.41) is 1.38. The molecule has 184 valence electrons. The number of carbonyl (C=O) groups excluding carboxylic acids is 1. The number of Topliss-reactive ketones (excluding diaryl/α,β-unsaturated/α-hetero) is 1. The summed E-state index contributed by atoms with van der Waals surface area (Å²) in [6.45, 7) is 0. The van der Waals surface area contributed by atoms with Gasteiger partial charge in [0, 0.05) is 0 Å². The fraction of sp³-hybridized carbons (Fsp3) is 0.129. The summed E-state index contributed by atoms with van der Waals surface area (Å²) in [5.74, 6) is -1.58. The van der Waals surface area contributed by atoms with Crippen molar-refractivity contribution in [1.82, 2.24) is 0 Å². The second kappa shape index (κ2) is 6.42. The number of rotatable bonds is 0. The summed E-state index contributed by atoms with van der Waals surface area (Å²) in [4.78, 5) is 15.5. The van der Waals surface area contributed by atoms with Gasteiger partial charge in [-0.2, -0.15) is 0 Å². The van der Waals surface area contributed by atoms with Gasteiger partial charge in [0.2, 0.25) is 19.7 Å². The fourth-order valence-electron chi connectivity index (χ4n) is 7.65. The molecule has 0 fully saturated rings. The van der Waals surface area contributed by atoms with Gasteiger partial charge in [-0.05, 0) is 80.3 Å². The second-order valence-corrected chi connectivity index (χ2v) is 14.4. The molecular weight excluding hydrogens is 516 g/mol. The van der Waals surface area contributed by atoms with Crippen LogP contribution < -0.4 is 0 Å². The Bertz CT molecular complexity index is 2030. The molecule has 7 heteroatoms. The quantitative estimate of drug-likeness (QED) is 0.313. The third-order valence-corrected chi connectivity index (χ3v) is 12.9. The number of hydrogen-bond donors (Lipinski definition) is 0. The lowest BCUT2D eigenvalue weighted by molar-refractivity contribution is -0.120. The van der Waals surface area contributed by atoms with Crippen LogP contribution in [0.25, 0.3) is 20.6 Å². The maximum absolute atomic E-state index is 14.7. The molecule has 2 atom stereocenters. The summed E-state index contributed by atoms with van der Waals surface area (Å²) in [6, 6.07) is 21.6. The summed E-state index contributed by atoms with van der Waals surface area (Å²) in [6.07, 6.45) is 0.784. The fourth-order valence-corrected chi connectivity index (χ4v) is 11.7. The molecule has 5 aliphatic rings. The SMILES string of the molecule is O=C1C2C3=C(c4ccccc4C3)S(=O)(=O)c3ccc4ccc5c(c4c32)C1C1=C(c2ccccc2C1)S5(=O)=O. The standard InChI is InChI=1S/C31H18O5S2/c32-29-25-20-13-16-5-1-3-7-18(16)30(20)37(33,34)22-11-9-15-10-12-23-28(24(15)27(22)25)26(29)21-14-17-6-2-4-8-19(17)31(21)38(23,35)36/h1-12,25-26H,13-14H2. The van der Waals surface area contributed by atoms with E-state index in [0.717, 1.165) is 16.5 Å². The first-order chi connectivity index (χ1) is 18.3. The number of hydrogen-bond acceptors (Lipinski definition) is 5. The number of ketones is 1. The highest BCUT2D eigenvalue weighted by atomic mass is 32.2. The van der Waals surface area contributed by atoms with Crippen LogP contribution in [0.2, 0.25) is 0 Å². The van der Waals surface area contributed by atoms with Crippen molar-refractivity contribution in [3.8, 4) is 0 Å². The van der Waals surface area contributed by atoms with Crippen LogP contribution in [-0.2, 0) is 37.3 Å². The molecule has 0 N–H and O–H groups in total. The first kappa shape index (κ1) is 21.2. The van der Waals surface area contributed by atoms with Crippen molar-refractivity contribution >= 4 is 46.0 Å². The smallest absolute Gasteiger partial charge is 0.207 e. The Morgan fingerprint density at radius 2 is 1.03 bits per heavy atom. The van der Waals surface area contributed by atoms with Crippen molar-refractivity contribution in [3.63, 3.8) is 0 Å². The minimum atomic E-state index is -3.91. The molecule has 0 saturated heterocycles. The van der Waals surface area contributed by atoms with E-state index < -0.39 is 31.5 Å². The number of sulfone groups is 2. The largest absolute Gasteiger partial charge is 0.298 e.